The first-order valence-corrected chi connectivity index (χ1v) is 7.82. The molecule has 0 aliphatic heterocycles. The molecule has 1 heterocycles. The van der Waals surface area contributed by atoms with Crippen LogP contribution in [0.1, 0.15) is 38.5 Å². The van der Waals surface area contributed by atoms with E-state index in [1.165, 1.54) is 36.6 Å². The summed E-state index contributed by atoms with van der Waals surface area (Å²) in [4.78, 5) is 18.5. The van der Waals surface area contributed by atoms with Gasteiger partial charge in [0, 0.05) is 11.7 Å². The summed E-state index contributed by atoms with van der Waals surface area (Å²) in [5, 5.41) is 7.27. The molecule has 102 valence electrons. The summed E-state index contributed by atoms with van der Waals surface area (Å²) in [6, 6.07) is 0.451. The van der Waals surface area contributed by atoms with Crippen molar-refractivity contribution in [3.63, 3.8) is 0 Å². The molecule has 1 saturated carbocycles. The van der Waals surface area contributed by atoms with E-state index in [1.54, 1.807) is 0 Å². The SMILES string of the molecule is O=C(CSc1ncn[nH]1)N(C1=CCCCC1)C1CC1. The predicted molar refractivity (Wildman–Crippen MR) is 73.5 cm³/mol. The highest BCUT2D eigenvalue weighted by Crippen LogP contribution is 2.34. The van der Waals surface area contributed by atoms with Crippen molar-refractivity contribution >= 4 is 17.7 Å². The number of hydrogen-bond donors (Lipinski definition) is 1. The molecule has 0 atom stereocenters. The molecule has 0 unspecified atom stereocenters. The van der Waals surface area contributed by atoms with Crippen molar-refractivity contribution in [2.24, 2.45) is 0 Å². The second-order valence-corrected chi connectivity index (χ2v) is 5.98. The number of allylic oxidation sites excluding steroid dienone is 2. The van der Waals surface area contributed by atoms with Crippen molar-refractivity contribution in [2.45, 2.75) is 49.7 Å². The van der Waals surface area contributed by atoms with Gasteiger partial charge < -0.3 is 4.90 Å². The Hall–Kier alpha value is -1.30. The zero-order valence-electron chi connectivity index (χ0n) is 10.8. The average molecular weight is 278 g/mol. The number of thioether (sulfide) groups is 1. The molecule has 2 aliphatic rings. The first kappa shape index (κ1) is 12.7. The summed E-state index contributed by atoms with van der Waals surface area (Å²) >= 11 is 1.43. The smallest absolute Gasteiger partial charge is 0.237 e. The van der Waals surface area contributed by atoms with E-state index >= 15 is 0 Å². The summed E-state index contributed by atoms with van der Waals surface area (Å²) in [5.74, 6) is 0.639. The Morgan fingerprint density at radius 2 is 2.37 bits per heavy atom. The molecule has 1 N–H and O–H groups in total. The molecule has 19 heavy (non-hydrogen) atoms. The van der Waals surface area contributed by atoms with E-state index in [2.05, 4.69) is 21.3 Å². The highest BCUT2D eigenvalue weighted by Gasteiger charge is 2.34. The number of hydrogen-bond acceptors (Lipinski definition) is 4. The van der Waals surface area contributed by atoms with Gasteiger partial charge in [0.25, 0.3) is 0 Å². The Balaban J connectivity index is 1.62. The van der Waals surface area contributed by atoms with Crippen LogP contribution in [0, 0.1) is 0 Å². The van der Waals surface area contributed by atoms with Crippen molar-refractivity contribution in [3.8, 4) is 0 Å². The van der Waals surface area contributed by atoms with Gasteiger partial charge in [-0.3, -0.25) is 9.89 Å². The largest absolute Gasteiger partial charge is 0.313 e. The maximum absolute atomic E-state index is 12.4. The summed E-state index contributed by atoms with van der Waals surface area (Å²) in [5.41, 5.74) is 1.25. The van der Waals surface area contributed by atoms with Gasteiger partial charge in [-0.25, -0.2) is 4.98 Å². The number of nitrogens with one attached hydrogen (secondary N) is 1. The monoisotopic (exact) mass is 278 g/mol. The number of aromatic nitrogens is 3. The van der Waals surface area contributed by atoms with E-state index in [0.29, 0.717) is 17.0 Å². The molecular weight excluding hydrogens is 260 g/mol. The topological polar surface area (TPSA) is 61.9 Å². The zero-order valence-corrected chi connectivity index (χ0v) is 11.7. The Kier molecular flexibility index (Phi) is 3.87. The van der Waals surface area contributed by atoms with Crippen LogP contribution in [0.3, 0.4) is 0 Å². The van der Waals surface area contributed by atoms with Gasteiger partial charge in [-0.05, 0) is 38.5 Å². The Morgan fingerprint density at radius 3 is 3.00 bits per heavy atom. The van der Waals surface area contributed by atoms with Crippen LogP contribution >= 0.6 is 11.8 Å². The van der Waals surface area contributed by atoms with E-state index in [9.17, 15) is 4.79 Å². The summed E-state index contributed by atoms with van der Waals surface area (Å²) < 4.78 is 0. The molecule has 3 rings (SSSR count). The van der Waals surface area contributed by atoms with E-state index in [4.69, 9.17) is 0 Å². The number of carbonyl (C=O) groups is 1. The van der Waals surface area contributed by atoms with Gasteiger partial charge in [0.15, 0.2) is 5.16 Å². The normalized spacial score (nSPS) is 19.1. The Bertz CT molecular complexity index is 467. The van der Waals surface area contributed by atoms with Gasteiger partial charge in [-0.1, -0.05) is 17.8 Å². The number of aromatic amines is 1. The van der Waals surface area contributed by atoms with Crippen molar-refractivity contribution in [3.05, 3.63) is 18.1 Å². The second kappa shape index (κ2) is 5.77. The molecule has 6 heteroatoms. The third-order valence-electron chi connectivity index (χ3n) is 3.48. The number of carbonyl (C=O) groups excluding carboxylic acids is 1. The first-order valence-electron chi connectivity index (χ1n) is 6.84. The van der Waals surface area contributed by atoms with Gasteiger partial charge in [0.2, 0.25) is 5.91 Å². The summed E-state index contributed by atoms with van der Waals surface area (Å²) in [6.07, 6.45) is 10.6. The van der Waals surface area contributed by atoms with E-state index < -0.39 is 0 Å². The van der Waals surface area contributed by atoms with Crippen LogP contribution in [-0.4, -0.2) is 37.8 Å². The van der Waals surface area contributed by atoms with Gasteiger partial charge >= 0.3 is 0 Å². The molecule has 1 aromatic rings. The molecule has 1 amide bonds. The molecule has 1 aromatic heterocycles. The molecule has 1 fully saturated rings. The van der Waals surface area contributed by atoms with Crippen molar-refractivity contribution in [1.82, 2.24) is 20.1 Å². The lowest BCUT2D eigenvalue weighted by molar-refractivity contribution is -0.127. The molecule has 5 nitrogen and oxygen atoms in total. The van der Waals surface area contributed by atoms with Crippen LogP contribution in [0.5, 0.6) is 0 Å². The number of nitrogens with zero attached hydrogens (tertiary/aromatic N) is 3. The lowest BCUT2D eigenvalue weighted by atomic mass is 10.0. The van der Waals surface area contributed by atoms with E-state index in [0.717, 1.165) is 25.7 Å². The summed E-state index contributed by atoms with van der Waals surface area (Å²) in [6.45, 7) is 0. The van der Waals surface area contributed by atoms with Crippen LogP contribution in [0.25, 0.3) is 0 Å². The van der Waals surface area contributed by atoms with Crippen LogP contribution in [0.2, 0.25) is 0 Å². The van der Waals surface area contributed by atoms with Crippen molar-refractivity contribution < 1.29 is 4.79 Å². The quantitative estimate of drug-likeness (QED) is 0.840. The van der Waals surface area contributed by atoms with Gasteiger partial charge in [-0.15, -0.1) is 0 Å². The van der Waals surface area contributed by atoms with Crippen LogP contribution in [0.15, 0.2) is 23.3 Å². The third kappa shape index (κ3) is 3.18. The van der Waals surface area contributed by atoms with E-state index in [-0.39, 0.29) is 5.91 Å². The lowest BCUT2D eigenvalue weighted by Gasteiger charge is -2.27. The minimum Gasteiger partial charge on any atom is -0.313 e. The van der Waals surface area contributed by atoms with E-state index in [1.807, 2.05) is 4.90 Å². The molecule has 0 radical (unpaired) electrons. The molecular formula is C13H18N4OS. The Morgan fingerprint density at radius 1 is 1.47 bits per heavy atom. The number of rotatable bonds is 5. The highest BCUT2D eigenvalue weighted by molar-refractivity contribution is 7.99. The molecule has 0 aromatic carbocycles. The van der Waals surface area contributed by atoms with Crippen LogP contribution < -0.4 is 0 Å². The Labute approximate surface area is 116 Å². The summed E-state index contributed by atoms with van der Waals surface area (Å²) in [7, 11) is 0. The van der Waals surface area contributed by atoms with Crippen molar-refractivity contribution in [1.29, 1.82) is 0 Å². The van der Waals surface area contributed by atoms with Crippen LogP contribution in [-0.2, 0) is 4.79 Å². The molecule has 2 aliphatic carbocycles. The average Bonchev–Trinajstić information content (AvgIpc) is 3.13. The fraction of sp³-hybridized carbons (Fsp3) is 0.615. The zero-order chi connectivity index (χ0) is 13.1. The van der Waals surface area contributed by atoms with Gasteiger partial charge in [-0.2, -0.15) is 5.10 Å². The first-order chi connectivity index (χ1) is 9.34. The van der Waals surface area contributed by atoms with Crippen molar-refractivity contribution in [2.75, 3.05) is 5.75 Å². The number of amides is 1. The fourth-order valence-corrected chi connectivity index (χ4v) is 3.07. The maximum Gasteiger partial charge on any atom is 0.237 e. The molecule has 0 spiro atoms. The third-order valence-corrected chi connectivity index (χ3v) is 4.34. The molecule has 0 saturated heterocycles. The minimum absolute atomic E-state index is 0.206. The van der Waals surface area contributed by atoms with Crippen LogP contribution in [0.4, 0.5) is 0 Å². The lowest BCUT2D eigenvalue weighted by Crippen LogP contribution is -2.34. The number of H-pyrrole nitrogens is 1. The second-order valence-electron chi connectivity index (χ2n) is 5.02. The fourth-order valence-electron chi connectivity index (χ4n) is 2.43. The minimum atomic E-state index is 0.206. The maximum atomic E-state index is 12.4. The predicted octanol–water partition coefficient (Wildman–Crippen LogP) is 2.35. The molecule has 0 bridgehead atoms. The van der Waals surface area contributed by atoms with Gasteiger partial charge in [0.1, 0.15) is 6.33 Å². The van der Waals surface area contributed by atoms with Gasteiger partial charge in [0.05, 0.1) is 5.75 Å². The highest BCUT2D eigenvalue weighted by atomic mass is 32.2. The standard InChI is InChI=1S/C13H18N4OS/c18-12(8-19-13-14-9-15-16-13)17(11-6-7-11)10-4-2-1-3-5-10/h4,9,11H,1-3,5-8H2,(H,14,15,16).